The highest BCUT2D eigenvalue weighted by molar-refractivity contribution is 5.95. The molecule has 1 amide bonds. The number of aromatic nitrogens is 2. The average molecular weight is 353 g/mol. The molecule has 0 saturated carbocycles. The first-order valence-corrected chi connectivity index (χ1v) is 8.13. The quantitative estimate of drug-likeness (QED) is 0.860. The Balaban J connectivity index is 2.48. The van der Waals surface area contributed by atoms with Crippen LogP contribution in [0.25, 0.3) is 5.69 Å². The van der Waals surface area contributed by atoms with Crippen LogP contribution in [0.1, 0.15) is 55.2 Å². The SMILES string of the molecule is CCC(C)(CC)NC(=O)c1cc(-n2cnc(C)c2)cc(C(F)(F)F)c1. The maximum atomic E-state index is 13.2. The van der Waals surface area contributed by atoms with Crippen LogP contribution in [0.5, 0.6) is 0 Å². The van der Waals surface area contributed by atoms with Crippen molar-refractivity contribution < 1.29 is 18.0 Å². The lowest BCUT2D eigenvalue weighted by Crippen LogP contribution is -2.45. The summed E-state index contributed by atoms with van der Waals surface area (Å²) in [5, 5.41) is 2.84. The zero-order chi connectivity index (χ0) is 18.8. The fourth-order valence-corrected chi connectivity index (χ4v) is 2.39. The number of hydrogen-bond acceptors (Lipinski definition) is 2. The maximum absolute atomic E-state index is 13.2. The van der Waals surface area contributed by atoms with Crippen molar-refractivity contribution in [3.8, 4) is 5.69 Å². The largest absolute Gasteiger partial charge is 0.416 e. The lowest BCUT2D eigenvalue weighted by Gasteiger charge is -2.28. The molecule has 0 radical (unpaired) electrons. The van der Waals surface area contributed by atoms with Crippen molar-refractivity contribution in [3.63, 3.8) is 0 Å². The van der Waals surface area contributed by atoms with E-state index in [1.165, 1.54) is 17.0 Å². The van der Waals surface area contributed by atoms with Crippen LogP contribution in [-0.2, 0) is 6.18 Å². The van der Waals surface area contributed by atoms with E-state index in [0.717, 1.165) is 12.1 Å². The molecule has 1 N–H and O–H groups in total. The van der Waals surface area contributed by atoms with E-state index in [1.54, 1.807) is 13.1 Å². The standard InChI is InChI=1S/C18H22F3N3O/c1-5-17(4,6-2)23-16(25)13-7-14(18(19,20)21)9-15(8-13)24-10-12(3)22-11-24/h7-11H,5-6H2,1-4H3,(H,23,25). The normalized spacial score (nSPS) is 12.3. The summed E-state index contributed by atoms with van der Waals surface area (Å²) in [5.74, 6) is -0.518. The third-order valence-corrected chi connectivity index (χ3v) is 4.49. The molecular formula is C18H22F3N3O. The van der Waals surface area contributed by atoms with Gasteiger partial charge in [0.05, 0.1) is 17.6 Å². The van der Waals surface area contributed by atoms with Crippen LogP contribution in [0, 0.1) is 6.92 Å². The van der Waals surface area contributed by atoms with Crippen LogP contribution in [0.4, 0.5) is 13.2 Å². The highest BCUT2D eigenvalue weighted by Gasteiger charge is 2.32. The van der Waals surface area contributed by atoms with Crippen molar-refractivity contribution in [2.75, 3.05) is 0 Å². The molecular weight excluding hydrogens is 331 g/mol. The molecule has 0 aliphatic carbocycles. The number of nitrogens with one attached hydrogen (secondary N) is 1. The van der Waals surface area contributed by atoms with Gasteiger partial charge in [-0.3, -0.25) is 4.79 Å². The zero-order valence-electron chi connectivity index (χ0n) is 14.7. The molecule has 0 atom stereocenters. The third-order valence-electron chi connectivity index (χ3n) is 4.49. The molecule has 1 aromatic heterocycles. The smallest absolute Gasteiger partial charge is 0.347 e. The second-order valence-corrected chi connectivity index (χ2v) is 6.41. The number of halogens is 3. The summed E-state index contributed by atoms with van der Waals surface area (Å²) in [6.45, 7) is 7.47. The number of nitrogens with zero attached hydrogens (tertiary/aromatic N) is 2. The van der Waals surface area contributed by atoms with Gasteiger partial charge in [0.15, 0.2) is 0 Å². The molecule has 4 nitrogen and oxygen atoms in total. The highest BCUT2D eigenvalue weighted by atomic mass is 19.4. The first-order valence-electron chi connectivity index (χ1n) is 8.13. The summed E-state index contributed by atoms with van der Waals surface area (Å²) in [5.41, 5.74) is -0.430. The van der Waals surface area contributed by atoms with Gasteiger partial charge in [0.1, 0.15) is 0 Å². The number of imidazole rings is 1. The van der Waals surface area contributed by atoms with Crippen molar-refractivity contribution in [2.45, 2.75) is 52.3 Å². The van der Waals surface area contributed by atoms with E-state index in [-0.39, 0.29) is 11.3 Å². The number of amides is 1. The molecule has 2 aromatic rings. The van der Waals surface area contributed by atoms with Gasteiger partial charge >= 0.3 is 6.18 Å². The molecule has 2 rings (SSSR count). The molecule has 0 aliphatic rings. The Hall–Kier alpha value is -2.31. The van der Waals surface area contributed by atoms with Gasteiger partial charge < -0.3 is 9.88 Å². The second-order valence-electron chi connectivity index (χ2n) is 6.41. The number of aryl methyl sites for hydroxylation is 1. The molecule has 0 aliphatic heterocycles. The van der Waals surface area contributed by atoms with Gasteiger partial charge in [-0.15, -0.1) is 0 Å². The molecule has 0 saturated heterocycles. The Morgan fingerprint density at radius 1 is 1.20 bits per heavy atom. The second kappa shape index (κ2) is 6.90. The van der Waals surface area contributed by atoms with Gasteiger partial charge in [0.2, 0.25) is 0 Å². The van der Waals surface area contributed by atoms with Gasteiger partial charge in [-0.05, 0) is 44.9 Å². The van der Waals surface area contributed by atoms with Gasteiger partial charge in [-0.25, -0.2) is 4.98 Å². The Bertz CT molecular complexity index is 761. The van der Waals surface area contributed by atoms with Gasteiger partial charge in [0, 0.05) is 23.0 Å². The maximum Gasteiger partial charge on any atom is 0.416 e. The van der Waals surface area contributed by atoms with E-state index in [1.807, 2.05) is 20.8 Å². The third kappa shape index (κ3) is 4.41. The lowest BCUT2D eigenvalue weighted by atomic mass is 9.95. The monoisotopic (exact) mass is 353 g/mol. The molecule has 1 heterocycles. The number of rotatable bonds is 5. The molecule has 0 unspecified atom stereocenters. The predicted molar refractivity (Wildman–Crippen MR) is 89.8 cm³/mol. The minimum absolute atomic E-state index is 0.0238. The average Bonchev–Trinajstić information content (AvgIpc) is 3.00. The molecule has 7 heteroatoms. The predicted octanol–water partition coefficient (Wildman–Crippen LogP) is 4.51. The van der Waals surface area contributed by atoms with Gasteiger partial charge in [0.25, 0.3) is 5.91 Å². The Kier molecular flexibility index (Phi) is 5.25. The van der Waals surface area contributed by atoms with Crippen molar-refractivity contribution >= 4 is 5.91 Å². The molecule has 25 heavy (non-hydrogen) atoms. The first kappa shape index (κ1) is 19.0. The van der Waals surface area contributed by atoms with Gasteiger partial charge in [-0.1, -0.05) is 13.8 Å². The minimum atomic E-state index is -4.54. The number of benzene rings is 1. The Morgan fingerprint density at radius 2 is 1.84 bits per heavy atom. The van der Waals surface area contributed by atoms with Gasteiger partial charge in [-0.2, -0.15) is 13.2 Å². The molecule has 136 valence electrons. The number of alkyl halides is 3. The topological polar surface area (TPSA) is 46.9 Å². The zero-order valence-corrected chi connectivity index (χ0v) is 14.7. The Labute approximate surface area is 145 Å². The summed E-state index contributed by atoms with van der Waals surface area (Å²) < 4.78 is 41.2. The van der Waals surface area contributed by atoms with Crippen molar-refractivity contribution in [2.24, 2.45) is 0 Å². The van der Waals surface area contributed by atoms with E-state index >= 15 is 0 Å². The van der Waals surface area contributed by atoms with Crippen LogP contribution >= 0.6 is 0 Å². The van der Waals surface area contributed by atoms with Crippen molar-refractivity contribution in [1.29, 1.82) is 0 Å². The van der Waals surface area contributed by atoms with E-state index in [4.69, 9.17) is 0 Å². The summed E-state index contributed by atoms with van der Waals surface area (Å²) in [4.78, 5) is 16.6. The van der Waals surface area contributed by atoms with E-state index < -0.39 is 23.2 Å². The lowest BCUT2D eigenvalue weighted by molar-refractivity contribution is -0.137. The van der Waals surface area contributed by atoms with E-state index in [0.29, 0.717) is 18.5 Å². The molecule has 0 fully saturated rings. The summed E-state index contributed by atoms with van der Waals surface area (Å²) in [6, 6.07) is 3.34. The van der Waals surface area contributed by atoms with Crippen LogP contribution < -0.4 is 5.32 Å². The van der Waals surface area contributed by atoms with Crippen molar-refractivity contribution in [1.82, 2.24) is 14.9 Å². The van der Waals surface area contributed by atoms with Crippen LogP contribution in [0.3, 0.4) is 0 Å². The number of hydrogen-bond donors (Lipinski definition) is 1. The molecule has 0 spiro atoms. The first-order chi connectivity index (χ1) is 11.6. The number of carbonyl (C=O) groups excluding carboxylic acids is 1. The summed E-state index contributed by atoms with van der Waals surface area (Å²) >= 11 is 0. The highest BCUT2D eigenvalue weighted by Crippen LogP contribution is 2.32. The summed E-state index contributed by atoms with van der Waals surface area (Å²) in [6.07, 6.45) is -0.142. The minimum Gasteiger partial charge on any atom is -0.347 e. The van der Waals surface area contributed by atoms with E-state index in [9.17, 15) is 18.0 Å². The van der Waals surface area contributed by atoms with Crippen LogP contribution in [0.15, 0.2) is 30.7 Å². The molecule has 0 bridgehead atoms. The fraction of sp³-hybridized carbons (Fsp3) is 0.444. The van der Waals surface area contributed by atoms with Crippen molar-refractivity contribution in [3.05, 3.63) is 47.5 Å². The van der Waals surface area contributed by atoms with E-state index in [2.05, 4.69) is 10.3 Å². The van der Waals surface area contributed by atoms with Crippen LogP contribution in [0.2, 0.25) is 0 Å². The Morgan fingerprint density at radius 3 is 2.32 bits per heavy atom. The van der Waals surface area contributed by atoms with Crippen LogP contribution in [-0.4, -0.2) is 21.0 Å². The number of carbonyl (C=O) groups is 1. The molecule has 1 aromatic carbocycles. The summed E-state index contributed by atoms with van der Waals surface area (Å²) in [7, 11) is 0. The fourth-order valence-electron chi connectivity index (χ4n) is 2.39.